The van der Waals surface area contributed by atoms with Crippen LogP contribution in [0.3, 0.4) is 0 Å². The van der Waals surface area contributed by atoms with Crippen LogP contribution in [0.2, 0.25) is 0 Å². The van der Waals surface area contributed by atoms with E-state index in [-0.39, 0.29) is 18.5 Å². The number of carbonyl (C=O) groups excluding carboxylic acids is 2. The van der Waals surface area contributed by atoms with E-state index in [0.717, 1.165) is 44.9 Å². The Labute approximate surface area is 513 Å². The monoisotopic (exact) mass is 1150 g/mol. The third-order valence-electron chi connectivity index (χ3n) is 17.7. The van der Waals surface area contributed by atoms with Gasteiger partial charge in [-0.3, -0.25) is 9.59 Å². The van der Waals surface area contributed by atoms with Gasteiger partial charge in [0.05, 0.1) is 25.4 Å². The van der Waals surface area contributed by atoms with Crippen molar-refractivity contribution in [3.8, 4) is 0 Å². The van der Waals surface area contributed by atoms with E-state index in [4.69, 9.17) is 4.74 Å². The summed E-state index contributed by atoms with van der Waals surface area (Å²) in [6, 6.07) is -0.624. The molecule has 0 aliphatic carbocycles. The van der Waals surface area contributed by atoms with Gasteiger partial charge in [0.1, 0.15) is 0 Å². The lowest BCUT2D eigenvalue weighted by Gasteiger charge is -2.20. The Hall–Kier alpha value is -1.66. The molecule has 0 aromatic rings. The lowest BCUT2D eigenvalue weighted by atomic mass is 10.0. The first-order valence-corrected chi connectivity index (χ1v) is 37.6. The summed E-state index contributed by atoms with van der Waals surface area (Å²) in [5, 5.41) is 23.2. The van der Waals surface area contributed by atoms with Crippen molar-refractivity contribution in [3.05, 3.63) is 24.3 Å². The predicted molar refractivity (Wildman–Crippen MR) is 361 cm³/mol. The Bertz CT molecular complexity index is 1280. The van der Waals surface area contributed by atoms with Gasteiger partial charge in [-0.25, -0.2) is 0 Å². The van der Waals surface area contributed by atoms with Crippen LogP contribution in [0, 0.1) is 0 Å². The van der Waals surface area contributed by atoms with E-state index in [1.807, 2.05) is 6.08 Å². The molecular formula is C76H147NO5. The van der Waals surface area contributed by atoms with Gasteiger partial charge < -0.3 is 20.3 Å². The largest absolute Gasteiger partial charge is 0.466 e. The maximum absolute atomic E-state index is 12.5. The molecule has 0 saturated carbocycles. The zero-order valence-corrected chi connectivity index (χ0v) is 55.8. The van der Waals surface area contributed by atoms with Crippen molar-refractivity contribution >= 4 is 11.9 Å². The number of ether oxygens (including phenoxy) is 1. The molecule has 0 bridgehead atoms. The second-order valence-corrected chi connectivity index (χ2v) is 26.0. The summed E-state index contributed by atoms with van der Waals surface area (Å²) < 4.78 is 5.50. The molecule has 0 aromatic heterocycles. The highest BCUT2D eigenvalue weighted by Gasteiger charge is 2.18. The van der Waals surface area contributed by atoms with Gasteiger partial charge in [0, 0.05) is 12.8 Å². The summed E-state index contributed by atoms with van der Waals surface area (Å²) in [6.07, 6.45) is 91.4. The molecule has 1 amide bonds. The molecular weight excluding hydrogens is 1010 g/mol. The van der Waals surface area contributed by atoms with Crippen molar-refractivity contribution in [1.29, 1.82) is 0 Å². The van der Waals surface area contributed by atoms with Crippen molar-refractivity contribution in [3.63, 3.8) is 0 Å². The molecule has 0 aliphatic heterocycles. The second-order valence-electron chi connectivity index (χ2n) is 26.0. The highest BCUT2D eigenvalue weighted by atomic mass is 16.5. The van der Waals surface area contributed by atoms with Crippen molar-refractivity contribution in [2.75, 3.05) is 13.2 Å². The molecule has 0 saturated heterocycles. The minimum atomic E-state index is -0.841. The molecule has 3 N–H and O–H groups in total. The predicted octanol–water partition coefficient (Wildman–Crippen LogP) is 24.5. The molecule has 2 atom stereocenters. The number of unbranched alkanes of at least 4 members (excludes halogenated alkanes) is 58. The molecule has 2 unspecified atom stereocenters. The SMILES string of the molecule is CCCCCCCC/C=C\CCCCCCCC(=O)OCCCCCCCCCCCCCCCCCCCCCCCCCCCCCCCCCCCC(=O)NC(CO)C(O)/C=C/CCCCCCCCCCCCCCCCC. The molecule has 0 radical (unpaired) electrons. The van der Waals surface area contributed by atoms with E-state index in [9.17, 15) is 19.8 Å². The highest BCUT2D eigenvalue weighted by molar-refractivity contribution is 5.76. The summed E-state index contributed by atoms with van der Waals surface area (Å²) >= 11 is 0. The van der Waals surface area contributed by atoms with E-state index < -0.39 is 12.1 Å². The van der Waals surface area contributed by atoms with Crippen LogP contribution < -0.4 is 5.32 Å². The quantitative estimate of drug-likeness (QED) is 0.0320. The van der Waals surface area contributed by atoms with E-state index in [1.54, 1.807) is 6.08 Å². The molecule has 0 spiro atoms. The van der Waals surface area contributed by atoms with Gasteiger partial charge in [0.2, 0.25) is 5.91 Å². The number of nitrogens with one attached hydrogen (secondary N) is 1. The lowest BCUT2D eigenvalue weighted by molar-refractivity contribution is -0.143. The van der Waals surface area contributed by atoms with Crippen LogP contribution in [0.25, 0.3) is 0 Å². The average molecular weight is 1160 g/mol. The van der Waals surface area contributed by atoms with Gasteiger partial charge >= 0.3 is 5.97 Å². The minimum Gasteiger partial charge on any atom is -0.466 e. The first-order chi connectivity index (χ1) is 40.5. The lowest BCUT2D eigenvalue weighted by Crippen LogP contribution is -2.45. The van der Waals surface area contributed by atoms with Crippen molar-refractivity contribution in [2.24, 2.45) is 0 Å². The third kappa shape index (κ3) is 67.5. The van der Waals surface area contributed by atoms with Crippen LogP contribution in [0.15, 0.2) is 24.3 Å². The van der Waals surface area contributed by atoms with Gasteiger partial charge in [0.25, 0.3) is 0 Å². The number of rotatable bonds is 71. The average Bonchev–Trinajstić information content (AvgIpc) is 3.48. The van der Waals surface area contributed by atoms with Gasteiger partial charge in [-0.05, 0) is 57.8 Å². The second kappa shape index (κ2) is 71.8. The molecule has 0 heterocycles. The molecule has 0 rings (SSSR count). The zero-order valence-electron chi connectivity index (χ0n) is 55.8. The fourth-order valence-corrected chi connectivity index (χ4v) is 12.0. The van der Waals surface area contributed by atoms with Crippen molar-refractivity contribution in [1.82, 2.24) is 5.32 Å². The number of hydrogen-bond acceptors (Lipinski definition) is 5. The Kier molecular flexibility index (Phi) is 70.4. The standard InChI is InChI=1S/C76H147NO5/c1-3-5-7-9-11-13-15-17-19-37-41-44-48-52-56-60-64-68-74(79)73(72-78)77-75(80)69-65-61-57-53-49-45-42-38-35-33-31-29-27-25-23-21-20-22-24-26-28-30-32-34-36-39-43-47-51-55-59-63-67-71-82-76(81)70-66-62-58-54-50-46-40-18-16-14-12-10-8-6-4-2/h18,40,64,68,73-74,78-79H,3-17,19-39,41-63,65-67,69-72H2,1-2H3,(H,77,80)/b40-18-,68-64+. The Balaban J connectivity index is 3.33. The number of allylic oxidation sites excluding steroid dienone is 3. The van der Waals surface area contributed by atoms with Gasteiger partial charge in [-0.1, -0.05) is 378 Å². The summed E-state index contributed by atoms with van der Waals surface area (Å²) in [6.45, 7) is 4.94. The van der Waals surface area contributed by atoms with Crippen LogP contribution >= 0.6 is 0 Å². The highest BCUT2D eigenvalue weighted by Crippen LogP contribution is 2.19. The number of carbonyl (C=O) groups is 2. The van der Waals surface area contributed by atoms with Crippen molar-refractivity contribution < 1.29 is 24.5 Å². The van der Waals surface area contributed by atoms with Gasteiger partial charge in [0.15, 0.2) is 0 Å². The van der Waals surface area contributed by atoms with Crippen molar-refractivity contribution in [2.45, 2.75) is 437 Å². The molecule has 0 aromatic carbocycles. The van der Waals surface area contributed by atoms with E-state index in [2.05, 4.69) is 31.3 Å². The number of esters is 1. The van der Waals surface area contributed by atoms with Gasteiger partial charge in [-0.2, -0.15) is 0 Å². The molecule has 6 nitrogen and oxygen atoms in total. The van der Waals surface area contributed by atoms with E-state index in [0.29, 0.717) is 19.4 Å². The molecule has 6 heteroatoms. The Morgan fingerprint density at radius 1 is 0.329 bits per heavy atom. The first kappa shape index (κ1) is 80.3. The maximum atomic E-state index is 12.5. The van der Waals surface area contributed by atoms with E-state index in [1.165, 1.54) is 353 Å². The third-order valence-corrected chi connectivity index (χ3v) is 17.7. The summed E-state index contributed by atoms with van der Waals surface area (Å²) in [4.78, 5) is 24.6. The van der Waals surface area contributed by atoms with Crippen LogP contribution in [-0.2, 0) is 14.3 Å². The van der Waals surface area contributed by atoms with Crippen LogP contribution in [0.5, 0.6) is 0 Å². The van der Waals surface area contributed by atoms with Crippen LogP contribution in [-0.4, -0.2) is 47.4 Å². The normalized spacial score (nSPS) is 12.6. The topological polar surface area (TPSA) is 95.9 Å². The molecule has 0 fully saturated rings. The van der Waals surface area contributed by atoms with E-state index >= 15 is 0 Å². The summed E-state index contributed by atoms with van der Waals surface area (Å²) in [7, 11) is 0. The molecule has 486 valence electrons. The number of aliphatic hydroxyl groups is 2. The Morgan fingerprint density at radius 3 is 0.866 bits per heavy atom. The molecule has 0 aliphatic rings. The van der Waals surface area contributed by atoms with Gasteiger partial charge in [-0.15, -0.1) is 0 Å². The van der Waals surface area contributed by atoms with Crippen LogP contribution in [0.4, 0.5) is 0 Å². The fraction of sp³-hybridized carbons (Fsp3) is 0.921. The zero-order chi connectivity index (χ0) is 59.2. The smallest absolute Gasteiger partial charge is 0.305 e. The maximum Gasteiger partial charge on any atom is 0.305 e. The summed E-state index contributed by atoms with van der Waals surface area (Å²) in [5.74, 6) is -0.0454. The molecule has 82 heavy (non-hydrogen) atoms. The van der Waals surface area contributed by atoms with Crippen LogP contribution in [0.1, 0.15) is 425 Å². The summed E-state index contributed by atoms with van der Waals surface area (Å²) in [5.41, 5.74) is 0. The minimum absolute atomic E-state index is 0.0143. The fourth-order valence-electron chi connectivity index (χ4n) is 12.0. The number of aliphatic hydroxyl groups excluding tert-OH is 2. The first-order valence-electron chi connectivity index (χ1n) is 37.6. The number of hydrogen-bond donors (Lipinski definition) is 3. The Morgan fingerprint density at radius 2 is 0.573 bits per heavy atom. The number of amides is 1.